The number of phenols is 1. The van der Waals surface area contributed by atoms with Crippen molar-refractivity contribution in [3.8, 4) is 23.3 Å². The van der Waals surface area contributed by atoms with Gasteiger partial charge in [-0.25, -0.2) is 0 Å². The van der Waals surface area contributed by atoms with Crippen LogP contribution < -0.4 is 14.8 Å². The molecule has 0 aliphatic rings. The fraction of sp³-hybridized carbons (Fsp3) is 0.263. The maximum absolute atomic E-state index is 12.0. The summed E-state index contributed by atoms with van der Waals surface area (Å²) < 4.78 is 11.6. The molecule has 7 heteroatoms. The largest absolute Gasteiger partial charge is 0.508 e. The summed E-state index contributed by atoms with van der Waals surface area (Å²) in [6.07, 6.45) is 0.602. The minimum Gasteiger partial charge on any atom is -0.508 e. The molecule has 136 valence electrons. The van der Waals surface area contributed by atoms with Crippen molar-refractivity contribution in [3.05, 3.63) is 52.0 Å². The Morgan fingerprint density at radius 3 is 2.81 bits per heavy atom. The van der Waals surface area contributed by atoms with Gasteiger partial charge in [0.05, 0.1) is 22.7 Å². The van der Waals surface area contributed by atoms with Crippen LogP contribution in [-0.2, 0) is 11.2 Å². The number of ether oxygens (including phenoxy) is 2. The molecule has 0 saturated heterocycles. The third-order valence-electron chi connectivity index (χ3n) is 3.43. The molecule has 26 heavy (non-hydrogen) atoms. The summed E-state index contributed by atoms with van der Waals surface area (Å²) in [6.45, 7) is 2.49. The van der Waals surface area contributed by atoms with E-state index >= 15 is 0 Å². The van der Waals surface area contributed by atoms with Crippen molar-refractivity contribution in [3.63, 3.8) is 0 Å². The Morgan fingerprint density at radius 1 is 1.31 bits per heavy atom. The number of nitrogens with zero attached hydrogens (tertiary/aromatic N) is 1. The lowest BCUT2D eigenvalue weighted by Gasteiger charge is -2.14. The molecule has 0 bridgehead atoms. The molecule has 2 aromatic carbocycles. The van der Waals surface area contributed by atoms with Gasteiger partial charge in [-0.1, -0.05) is 12.1 Å². The number of amides is 1. The van der Waals surface area contributed by atoms with E-state index in [1.165, 1.54) is 0 Å². The molecule has 2 rings (SSSR count). The monoisotopic (exact) mass is 418 g/mol. The highest BCUT2D eigenvalue weighted by Crippen LogP contribution is 2.36. The Morgan fingerprint density at radius 2 is 2.12 bits per heavy atom. The van der Waals surface area contributed by atoms with Crippen LogP contribution in [0.3, 0.4) is 0 Å². The van der Waals surface area contributed by atoms with Crippen LogP contribution in [0, 0.1) is 11.3 Å². The first-order valence-corrected chi connectivity index (χ1v) is 8.86. The van der Waals surface area contributed by atoms with Gasteiger partial charge in [0.15, 0.2) is 18.1 Å². The lowest BCUT2D eigenvalue weighted by Crippen LogP contribution is -2.30. The molecule has 0 unspecified atom stereocenters. The van der Waals surface area contributed by atoms with Crippen LogP contribution in [0.4, 0.5) is 0 Å². The van der Waals surface area contributed by atoms with E-state index in [2.05, 4.69) is 21.2 Å². The van der Waals surface area contributed by atoms with Gasteiger partial charge < -0.3 is 19.9 Å². The Bertz CT molecular complexity index is 818. The molecule has 0 atom stereocenters. The Hall–Kier alpha value is -2.72. The second-order valence-corrected chi connectivity index (χ2v) is 6.24. The van der Waals surface area contributed by atoms with Crippen molar-refractivity contribution in [2.24, 2.45) is 0 Å². The summed E-state index contributed by atoms with van der Waals surface area (Å²) in [5.41, 5.74) is 1.36. The molecule has 0 spiro atoms. The minimum absolute atomic E-state index is 0.176. The van der Waals surface area contributed by atoms with Gasteiger partial charge in [0.25, 0.3) is 5.91 Å². The van der Waals surface area contributed by atoms with Crippen molar-refractivity contribution in [2.45, 2.75) is 13.3 Å². The SMILES string of the molecule is CCOc1cc(C#N)cc(Br)c1OCC(=O)NCCc1cccc(O)c1. The number of aromatic hydroxyl groups is 1. The van der Waals surface area contributed by atoms with Gasteiger partial charge in [0.2, 0.25) is 0 Å². The molecule has 0 aliphatic carbocycles. The van der Waals surface area contributed by atoms with E-state index in [4.69, 9.17) is 14.7 Å². The summed E-state index contributed by atoms with van der Waals surface area (Å²) in [5.74, 6) is 0.718. The fourth-order valence-electron chi connectivity index (χ4n) is 2.28. The van der Waals surface area contributed by atoms with Crippen molar-refractivity contribution < 1.29 is 19.4 Å². The van der Waals surface area contributed by atoms with Crippen molar-refractivity contribution in [2.75, 3.05) is 19.8 Å². The first kappa shape index (κ1) is 19.6. The zero-order valence-electron chi connectivity index (χ0n) is 14.3. The van der Waals surface area contributed by atoms with Gasteiger partial charge >= 0.3 is 0 Å². The van der Waals surface area contributed by atoms with Gasteiger partial charge in [-0.15, -0.1) is 0 Å². The van der Waals surface area contributed by atoms with Crippen molar-refractivity contribution >= 4 is 21.8 Å². The summed E-state index contributed by atoms with van der Waals surface area (Å²) in [5, 5.41) is 21.2. The van der Waals surface area contributed by atoms with E-state index in [9.17, 15) is 9.90 Å². The Balaban J connectivity index is 1.89. The molecule has 1 amide bonds. The molecule has 0 aliphatic heterocycles. The molecule has 0 heterocycles. The smallest absolute Gasteiger partial charge is 0.257 e. The lowest BCUT2D eigenvalue weighted by atomic mass is 10.1. The van der Waals surface area contributed by atoms with Gasteiger partial charge in [-0.05, 0) is 53.0 Å². The highest BCUT2D eigenvalue weighted by Gasteiger charge is 2.14. The van der Waals surface area contributed by atoms with Crippen molar-refractivity contribution in [1.82, 2.24) is 5.32 Å². The minimum atomic E-state index is -0.274. The molecule has 0 saturated carbocycles. The van der Waals surface area contributed by atoms with E-state index in [1.54, 1.807) is 30.3 Å². The fourth-order valence-corrected chi connectivity index (χ4v) is 2.84. The van der Waals surface area contributed by atoms with E-state index in [-0.39, 0.29) is 18.3 Å². The zero-order valence-corrected chi connectivity index (χ0v) is 15.9. The maximum atomic E-state index is 12.0. The van der Waals surface area contributed by atoms with Crippen LogP contribution in [0.2, 0.25) is 0 Å². The number of nitriles is 1. The molecular weight excluding hydrogens is 400 g/mol. The van der Waals surface area contributed by atoms with Crippen LogP contribution in [0.25, 0.3) is 0 Å². The highest BCUT2D eigenvalue weighted by molar-refractivity contribution is 9.10. The Kier molecular flexibility index (Phi) is 7.30. The maximum Gasteiger partial charge on any atom is 0.257 e. The van der Waals surface area contributed by atoms with Gasteiger partial charge in [0.1, 0.15) is 5.75 Å². The summed E-state index contributed by atoms with van der Waals surface area (Å²) in [7, 11) is 0. The number of hydrogen-bond acceptors (Lipinski definition) is 5. The molecule has 2 N–H and O–H groups in total. The number of halogens is 1. The quantitative estimate of drug-likeness (QED) is 0.686. The third-order valence-corrected chi connectivity index (χ3v) is 4.02. The van der Waals surface area contributed by atoms with Gasteiger partial charge in [0, 0.05) is 12.6 Å². The van der Waals surface area contributed by atoms with Crippen LogP contribution in [0.5, 0.6) is 17.2 Å². The summed E-state index contributed by atoms with van der Waals surface area (Å²) >= 11 is 3.34. The number of benzene rings is 2. The third kappa shape index (κ3) is 5.67. The summed E-state index contributed by atoms with van der Waals surface area (Å²) in [6, 6.07) is 12.1. The van der Waals surface area contributed by atoms with E-state index in [0.717, 1.165) is 5.56 Å². The number of carbonyl (C=O) groups is 1. The standard InChI is InChI=1S/C19H19BrN2O4/c1-2-25-17-10-14(11-21)9-16(20)19(17)26-12-18(24)22-7-6-13-4-3-5-15(23)8-13/h3-5,8-10,23H,2,6-7,12H2,1H3,(H,22,24). The molecule has 2 aromatic rings. The van der Waals surface area contributed by atoms with Crippen LogP contribution in [0.1, 0.15) is 18.1 Å². The molecular formula is C19H19BrN2O4. The normalized spacial score (nSPS) is 10.0. The van der Waals surface area contributed by atoms with Crippen LogP contribution in [-0.4, -0.2) is 30.8 Å². The zero-order chi connectivity index (χ0) is 18.9. The second-order valence-electron chi connectivity index (χ2n) is 5.39. The number of carbonyl (C=O) groups excluding carboxylic acids is 1. The van der Waals surface area contributed by atoms with Crippen LogP contribution >= 0.6 is 15.9 Å². The highest BCUT2D eigenvalue weighted by atomic mass is 79.9. The van der Waals surface area contributed by atoms with E-state index < -0.39 is 0 Å². The molecule has 0 aromatic heterocycles. The number of phenolic OH excluding ortho intramolecular Hbond substituents is 1. The predicted molar refractivity (Wildman–Crippen MR) is 100 cm³/mol. The average molecular weight is 419 g/mol. The number of rotatable bonds is 8. The molecule has 0 fully saturated rings. The number of hydrogen-bond donors (Lipinski definition) is 2. The first-order valence-electron chi connectivity index (χ1n) is 8.07. The van der Waals surface area contributed by atoms with Gasteiger partial charge in [-0.3, -0.25) is 4.79 Å². The van der Waals surface area contributed by atoms with Crippen molar-refractivity contribution in [1.29, 1.82) is 5.26 Å². The van der Waals surface area contributed by atoms with Crippen LogP contribution in [0.15, 0.2) is 40.9 Å². The van der Waals surface area contributed by atoms with Gasteiger partial charge in [-0.2, -0.15) is 5.26 Å². The molecule has 0 radical (unpaired) electrons. The average Bonchev–Trinajstić information content (AvgIpc) is 2.61. The van der Waals surface area contributed by atoms with E-state index in [1.807, 2.05) is 19.1 Å². The first-order chi connectivity index (χ1) is 12.5. The topological polar surface area (TPSA) is 91.6 Å². The summed E-state index contributed by atoms with van der Waals surface area (Å²) in [4.78, 5) is 12.0. The molecule has 6 nitrogen and oxygen atoms in total. The Labute approximate surface area is 160 Å². The number of nitrogens with one attached hydrogen (secondary N) is 1. The second kappa shape index (κ2) is 9.68. The predicted octanol–water partition coefficient (Wildman–Crippen LogP) is 3.16. The van der Waals surface area contributed by atoms with E-state index in [0.29, 0.717) is 41.1 Å². The lowest BCUT2D eigenvalue weighted by molar-refractivity contribution is -0.123.